The molecule has 0 saturated heterocycles. The second-order valence-corrected chi connectivity index (χ2v) is 6.33. The summed E-state index contributed by atoms with van der Waals surface area (Å²) in [6, 6.07) is 9.23. The van der Waals surface area contributed by atoms with Gasteiger partial charge in [-0.1, -0.05) is 44.9 Å². The average Bonchev–Trinajstić information content (AvgIpc) is 2.40. The number of rotatable bonds is 5. The maximum Gasteiger partial charge on any atom is 0.0503 e. The lowest BCUT2D eigenvalue weighted by Gasteiger charge is -2.40. The third kappa shape index (κ3) is 3.73. The van der Waals surface area contributed by atoms with Crippen LogP contribution in [-0.2, 0) is 11.2 Å². The largest absolute Gasteiger partial charge is 0.384 e. The number of hydrogen-bond acceptors (Lipinski definition) is 2. The van der Waals surface area contributed by atoms with Gasteiger partial charge >= 0.3 is 0 Å². The highest BCUT2D eigenvalue weighted by atomic mass is 16.5. The van der Waals surface area contributed by atoms with Crippen LogP contribution >= 0.6 is 0 Å². The third-order valence-electron chi connectivity index (χ3n) is 4.43. The van der Waals surface area contributed by atoms with Gasteiger partial charge in [0.15, 0.2) is 0 Å². The number of para-hydroxylation sites is 1. The van der Waals surface area contributed by atoms with Crippen molar-refractivity contribution in [2.24, 2.45) is 5.41 Å². The number of nitrogens with one attached hydrogen (secondary N) is 1. The summed E-state index contributed by atoms with van der Waals surface area (Å²) >= 11 is 0. The number of methoxy groups -OCH3 is 1. The van der Waals surface area contributed by atoms with Crippen molar-refractivity contribution >= 4 is 5.69 Å². The minimum absolute atomic E-state index is 0.395. The van der Waals surface area contributed by atoms with E-state index in [1.165, 1.54) is 36.9 Å². The molecule has 1 aromatic rings. The maximum absolute atomic E-state index is 5.20. The Morgan fingerprint density at radius 1 is 1.26 bits per heavy atom. The Kier molecular flexibility index (Phi) is 4.87. The smallest absolute Gasteiger partial charge is 0.0503 e. The standard InChI is InChI=1S/C17H27NO/c1-17(2)12-7-6-10-16(17)18-15-9-5-4-8-14(15)11-13-19-3/h4-5,8-9,16,18H,6-7,10-13H2,1-3H3. The lowest BCUT2D eigenvalue weighted by Crippen LogP contribution is -2.39. The molecule has 1 fully saturated rings. The second-order valence-electron chi connectivity index (χ2n) is 6.33. The van der Waals surface area contributed by atoms with E-state index in [1.54, 1.807) is 7.11 Å². The summed E-state index contributed by atoms with van der Waals surface area (Å²) in [5, 5.41) is 3.79. The third-order valence-corrected chi connectivity index (χ3v) is 4.43. The van der Waals surface area contributed by atoms with E-state index in [0.717, 1.165) is 13.0 Å². The Morgan fingerprint density at radius 3 is 2.79 bits per heavy atom. The SMILES string of the molecule is COCCc1ccccc1NC1CCCCC1(C)C. The topological polar surface area (TPSA) is 21.3 Å². The molecule has 0 radical (unpaired) electrons. The van der Waals surface area contributed by atoms with E-state index >= 15 is 0 Å². The highest BCUT2D eigenvalue weighted by Crippen LogP contribution is 2.37. The first kappa shape index (κ1) is 14.4. The molecule has 1 atom stereocenters. The first-order valence-electron chi connectivity index (χ1n) is 7.47. The molecule has 1 saturated carbocycles. The monoisotopic (exact) mass is 261 g/mol. The molecular weight excluding hydrogens is 234 g/mol. The Bertz CT molecular complexity index is 400. The molecule has 0 bridgehead atoms. The highest BCUT2D eigenvalue weighted by Gasteiger charge is 2.32. The molecule has 0 heterocycles. The van der Waals surface area contributed by atoms with Crippen molar-refractivity contribution in [1.82, 2.24) is 0 Å². The summed E-state index contributed by atoms with van der Waals surface area (Å²) in [5.41, 5.74) is 3.05. The van der Waals surface area contributed by atoms with E-state index in [-0.39, 0.29) is 0 Å². The van der Waals surface area contributed by atoms with Crippen molar-refractivity contribution in [2.75, 3.05) is 19.0 Å². The number of anilines is 1. The predicted molar refractivity (Wildman–Crippen MR) is 81.7 cm³/mol. The molecule has 0 spiro atoms. The van der Waals surface area contributed by atoms with Crippen molar-refractivity contribution in [3.63, 3.8) is 0 Å². The quantitative estimate of drug-likeness (QED) is 0.855. The lowest BCUT2D eigenvalue weighted by molar-refractivity contribution is 0.202. The van der Waals surface area contributed by atoms with Crippen LogP contribution in [0.1, 0.15) is 45.1 Å². The first-order chi connectivity index (χ1) is 9.13. The minimum Gasteiger partial charge on any atom is -0.384 e. The van der Waals surface area contributed by atoms with Gasteiger partial charge in [0.25, 0.3) is 0 Å². The van der Waals surface area contributed by atoms with Crippen LogP contribution in [0.5, 0.6) is 0 Å². The number of hydrogen-bond donors (Lipinski definition) is 1. The van der Waals surface area contributed by atoms with Gasteiger partial charge in [-0.05, 0) is 36.3 Å². The van der Waals surface area contributed by atoms with Gasteiger partial charge in [-0.3, -0.25) is 0 Å². The van der Waals surface area contributed by atoms with Crippen LogP contribution < -0.4 is 5.32 Å². The maximum atomic E-state index is 5.20. The molecule has 2 heteroatoms. The van der Waals surface area contributed by atoms with Crippen LogP contribution in [0.4, 0.5) is 5.69 Å². The summed E-state index contributed by atoms with van der Waals surface area (Å²) in [7, 11) is 1.76. The lowest BCUT2D eigenvalue weighted by atomic mass is 9.73. The van der Waals surface area contributed by atoms with Crippen molar-refractivity contribution in [3.05, 3.63) is 29.8 Å². The van der Waals surface area contributed by atoms with Gasteiger partial charge < -0.3 is 10.1 Å². The molecule has 1 N–H and O–H groups in total. The van der Waals surface area contributed by atoms with E-state index in [0.29, 0.717) is 11.5 Å². The Labute approximate surface area is 117 Å². The molecule has 0 amide bonds. The van der Waals surface area contributed by atoms with Crippen LogP contribution in [-0.4, -0.2) is 19.8 Å². The van der Waals surface area contributed by atoms with Crippen molar-refractivity contribution in [3.8, 4) is 0 Å². The fraction of sp³-hybridized carbons (Fsp3) is 0.647. The Morgan fingerprint density at radius 2 is 2.05 bits per heavy atom. The minimum atomic E-state index is 0.395. The molecule has 0 aromatic heterocycles. The molecule has 1 unspecified atom stereocenters. The molecule has 1 aliphatic rings. The summed E-state index contributed by atoms with van der Waals surface area (Å²) in [6.07, 6.45) is 6.31. The zero-order valence-electron chi connectivity index (χ0n) is 12.5. The fourth-order valence-corrected chi connectivity index (χ4v) is 3.04. The highest BCUT2D eigenvalue weighted by molar-refractivity contribution is 5.52. The predicted octanol–water partition coefficient (Wildman–Crippen LogP) is 4.26. The fourth-order valence-electron chi connectivity index (χ4n) is 3.04. The van der Waals surface area contributed by atoms with E-state index in [4.69, 9.17) is 4.74 Å². The van der Waals surface area contributed by atoms with Gasteiger partial charge in [0.2, 0.25) is 0 Å². The van der Waals surface area contributed by atoms with Gasteiger partial charge in [0, 0.05) is 18.8 Å². The summed E-state index contributed by atoms with van der Waals surface area (Å²) in [5.74, 6) is 0. The second kappa shape index (κ2) is 6.42. The number of ether oxygens (including phenoxy) is 1. The van der Waals surface area contributed by atoms with Gasteiger partial charge in [-0.15, -0.1) is 0 Å². The zero-order chi connectivity index (χ0) is 13.7. The molecule has 2 rings (SSSR count). The Balaban J connectivity index is 2.09. The molecule has 1 aromatic carbocycles. The van der Waals surface area contributed by atoms with Crippen molar-refractivity contribution < 1.29 is 4.74 Å². The summed E-state index contributed by atoms with van der Waals surface area (Å²) < 4.78 is 5.20. The van der Waals surface area contributed by atoms with Gasteiger partial charge in [-0.25, -0.2) is 0 Å². The van der Waals surface area contributed by atoms with E-state index in [2.05, 4.69) is 43.4 Å². The van der Waals surface area contributed by atoms with Crippen LogP contribution in [0.15, 0.2) is 24.3 Å². The molecular formula is C17H27NO. The van der Waals surface area contributed by atoms with E-state index in [1.807, 2.05) is 0 Å². The summed E-state index contributed by atoms with van der Waals surface area (Å²) in [6.45, 7) is 5.57. The average molecular weight is 261 g/mol. The molecule has 2 nitrogen and oxygen atoms in total. The van der Waals surface area contributed by atoms with Crippen LogP contribution in [0.25, 0.3) is 0 Å². The molecule has 106 valence electrons. The van der Waals surface area contributed by atoms with E-state index in [9.17, 15) is 0 Å². The molecule has 19 heavy (non-hydrogen) atoms. The van der Waals surface area contributed by atoms with E-state index < -0.39 is 0 Å². The van der Waals surface area contributed by atoms with Gasteiger partial charge in [0.1, 0.15) is 0 Å². The van der Waals surface area contributed by atoms with Crippen molar-refractivity contribution in [2.45, 2.75) is 52.0 Å². The number of benzene rings is 1. The van der Waals surface area contributed by atoms with Gasteiger partial charge in [-0.2, -0.15) is 0 Å². The zero-order valence-corrected chi connectivity index (χ0v) is 12.5. The molecule has 0 aliphatic heterocycles. The summed E-state index contributed by atoms with van der Waals surface area (Å²) in [4.78, 5) is 0. The van der Waals surface area contributed by atoms with Crippen LogP contribution in [0.3, 0.4) is 0 Å². The van der Waals surface area contributed by atoms with Gasteiger partial charge in [0.05, 0.1) is 6.61 Å². The van der Waals surface area contributed by atoms with Crippen LogP contribution in [0, 0.1) is 5.41 Å². The van der Waals surface area contributed by atoms with Crippen molar-refractivity contribution in [1.29, 1.82) is 0 Å². The Hall–Kier alpha value is -1.02. The molecule has 1 aliphatic carbocycles. The normalized spacial score (nSPS) is 22.2. The first-order valence-corrected chi connectivity index (χ1v) is 7.47. The van der Waals surface area contributed by atoms with Crippen LogP contribution in [0.2, 0.25) is 0 Å².